The standard InChI is InChI=1S/C18H21N3O/c1-14-16-5-3-2-4-15(16)12-18(17(14)13-19)22-11-10-21-8-6-20-7-9-21/h2-5,12,20H,6-11H2,1H3. The highest BCUT2D eigenvalue weighted by molar-refractivity contribution is 5.89. The number of aryl methyl sites for hydroxylation is 1. The summed E-state index contributed by atoms with van der Waals surface area (Å²) in [5.41, 5.74) is 1.65. The van der Waals surface area contributed by atoms with Crippen LogP contribution in [-0.2, 0) is 0 Å². The fourth-order valence-electron chi connectivity index (χ4n) is 2.97. The van der Waals surface area contributed by atoms with E-state index in [0.717, 1.165) is 49.1 Å². The summed E-state index contributed by atoms with van der Waals surface area (Å²) in [5, 5.41) is 15.0. The first-order valence-corrected chi connectivity index (χ1v) is 7.78. The van der Waals surface area contributed by atoms with E-state index < -0.39 is 0 Å². The number of nitrogens with one attached hydrogen (secondary N) is 1. The monoisotopic (exact) mass is 295 g/mol. The molecule has 1 heterocycles. The van der Waals surface area contributed by atoms with E-state index in [1.165, 1.54) is 0 Å². The number of benzene rings is 2. The van der Waals surface area contributed by atoms with Crippen molar-refractivity contribution in [1.82, 2.24) is 10.2 Å². The minimum Gasteiger partial charge on any atom is -0.491 e. The third-order valence-corrected chi connectivity index (χ3v) is 4.26. The fourth-order valence-corrected chi connectivity index (χ4v) is 2.97. The lowest BCUT2D eigenvalue weighted by Crippen LogP contribution is -2.44. The maximum absolute atomic E-state index is 9.46. The second-order valence-corrected chi connectivity index (χ2v) is 5.65. The Hall–Kier alpha value is -2.09. The summed E-state index contributed by atoms with van der Waals surface area (Å²) >= 11 is 0. The molecule has 0 aromatic heterocycles. The van der Waals surface area contributed by atoms with E-state index >= 15 is 0 Å². The molecule has 2 aromatic rings. The van der Waals surface area contributed by atoms with Crippen molar-refractivity contribution in [3.05, 3.63) is 41.5 Å². The molecule has 0 unspecified atom stereocenters. The van der Waals surface area contributed by atoms with Gasteiger partial charge in [0.1, 0.15) is 18.4 Å². The van der Waals surface area contributed by atoms with Crippen molar-refractivity contribution in [3.63, 3.8) is 0 Å². The Morgan fingerprint density at radius 2 is 2.05 bits per heavy atom. The number of nitriles is 1. The number of hydrogen-bond acceptors (Lipinski definition) is 4. The van der Waals surface area contributed by atoms with Crippen molar-refractivity contribution in [1.29, 1.82) is 5.26 Å². The molecule has 0 amide bonds. The fraction of sp³-hybridized carbons (Fsp3) is 0.389. The molecule has 4 heteroatoms. The zero-order chi connectivity index (χ0) is 15.4. The molecule has 0 bridgehead atoms. The molecule has 1 N–H and O–H groups in total. The minimum atomic E-state index is 0.618. The quantitative estimate of drug-likeness (QED) is 0.940. The van der Waals surface area contributed by atoms with Gasteiger partial charge in [-0.25, -0.2) is 0 Å². The van der Waals surface area contributed by atoms with Crippen LogP contribution in [0.3, 0.4) is 0 Å². The Labute approximate surface area is 131 Å². The highest BCUT2D eigenvalue weighted by Crippen LogP contribution is 2.30. The molecule has 0 aliphatic carbocycles. The van der Waals surface area contributed by atoms with Crippen LogP contribution in [0.25, 0.3) is 10.8 Å². The molecule has 0 atom stereocenters. The molecule has 114 valence electrons. The summed E-state index contributed by atoms with van der Waals surface area (Å²) in [4.78, 5) is 2.39. The smallest absolute Gasteiger partial charge is 0.138 e. The summed E-state index contributed by atoms with van der Waals surface area (Å²) in [6.07, 6.45) is 0. The van der Waals surface area contributed by atoms with Crippen molar-refractivity contribution in [3.8, 4) is 11.8 Å². The van der Waals surface area contributed by atoms with Crippen LogP contribution in [0.1, 0.15) is 11.1 Å². The number of fused-ring (bicyclic) bond motifs is 1. The third-order valence-electron chi connectivity index (χ3n) is 4.26. The van der Waals surface area contributed by atoms with Crippen molar-refractivity contribution in [2.24, 2.45) is 0 Å². The Balaban J connectivity index is 1.76. The molecule has 0 saturated carbocycles. The van der Waals surface area contributed by atoms with Crippen LogP contribution in [0.2, 0.25) is 0 Å². The summed E-state index contributed by atoms with van der Waals surface area (Å²) < 4.78 is 5.94. The molecule has 0 spiro atoms. The molecule has 22 heavy (non-hydrogen) atoms. The number of nitrogens with zero attached hydrogens (tertiary/aromatic N) is 2. The molecular weight excluding hydrogens is 274 g/mol. The first kappa shape index (κ1) is 14.8. The first-order valence-electron chi connectivity index (χ1n) is 7.78. The van der Waals surface area contributed by atoms with Crippen molar-refractivity contribution >= 4 is 10.8 Å². The summed E-state index contributed by atoms with van der Waals surface area (Å²) in [5.74, 6) is 0.703. The van der Waals surface area contributed by atoms with Crippen molar-refractivity contribution < 1.29 is 4.74 Å². The second kappa shape index (κ2) is 6.78. The molecule has 0 radical (unpaired) electrons. The molecule has 2 aromatic carbocycles. The van der Waals surface area contributed by atoms with Crippen molar-refractivity contribution in [2.75, 3.05) is 39.3 Å². The Morgan fingerprint density at radius 1 is 1.27 bits per heavy atom. The molecule has 3 rings (SSSR count). The average molecular weight is 295 g/mol. The third kappa shape index (κ3) is 3.06. The molecule has 4 nitrogen and oxygen atoms in total. The van der Waals surface area contributed by atoms with Crippen LogP contribution in [-0.4, -0.2) is 44.2 Å². The number of rotatable bonds is 4. The lowest BCUT2D eigenvalue weighted by atomic mass is 10.00. The van der Waals surface area contributed by atoms with Crippen molar-refractivity contribution in [2.45, 2.75) is 6.92 Å². The summed E-state index contributed by atoms with van der Waals surface area (Å²) in [6.45, 7) is 7.71. The number of hydrogen-bond donors (Lipinski definition) is 1. The van der Waals surface area contributed by atoms with E-state index in [1.54, 1.807) is 0 Å². The predicted molar refractivity (Wildman–Crippen MR) is 88.2 cm³/mol. The van der Waals surface area contributed by atoms with Gasteiger partial charge in [-0.15, -0.1) is 0 Å². The molecule has 1 aliphatic rings. The topological polar surface area (TPSA) is 48.3 Å². The van der Waals surface area contributed by atoms with Gasteiger partial charge in [0.15, 0.2) is 0 Å². The first-order chi connectivity index (χ1) is 10.8. The van der Waals surface area contributed by atoms with Crippen LogP contribution in [0.4, 0.5) is 0 Å². The summed E-state index contributed by atoms with van der Waals surface area (Å²) in [6, 6.07) is 12.4. The number of piperazine rings is 1. The van der Waals surface area contributed by atoms with E-state index in [2.05, 4.69) is 28.4 Å². The molecule has 1 aliphatic heterocycles. The largest absolute Gasteiger partial charge is 0.491 e. The van der Waals surface area contributed by atoms with Crippen LogP contribution in [0.15, 0.2) is 30.3 Å². The molecule has 1 fully saturated rings. The Bertz CT molecular complexity index is 699. The number of ether oxygens (including phenoxy) is 1. The highest BCUT2D eigenvalue weighted by Gasteiger charge is 2.13. The van der Waals surface area contributed by atoms with Gasteiger partial charge in [0.2, 0.25) is 0 Å². The van der Waals surface area contributed by atoms with Gasteiger partial charge in [-0.3, -0.25) is 4.90 Å². The van der Waals surface area contributed by atoms with Crippen LogP contribution >= 0.6 is 0 Å². The van der Waals surface area contributed by atoms with Gasteiger partial charge in [-0.1, -0.05) is 24.3 Å². The normalized spacial score (nSPS) is 15.6. The second-order valence-electron chi connectivity index (χ2n) is 5.65. The van der Waals surface area contributed by atoms with E-state index in [1.807, 2.05) is 25.1 Å². The SMILES string of the molecule is Cc1c(C#N)c(OCCN2CCNCC2)cc2ccccc12. The van der Waals surface area contributed by atoms with Gasteiger partial charge in [0.05, 0.1) is 5.56 Å². The Kier molecular flexibility index (Phi) is 4.57. The van der Waals surface area contributed by atoms with Gasteiger partial charge in [0.25, 0.3) is 0 Å². The van der Waals surface area contributed by atoms with Crippen LogP contribution < -0.4 is 10.1 Å². The van der Waals surface area contributed by atoms with Crippen LogP contribution in [0, 0.1) is 18.3 Å². The molecular formula is C18H21N3O. The lowest BCUT2D eigenvalue weighted by molar-refractivity contribution is 0.191. The summed E-state index contributed by atoms with van der Waals surface area (Å²) in [7, 11) is 0. The Morgan fingerprint density at radius 3 is 2.82 bits per heavy atom. The van der Waals surface area contributed by atoms with Gasteiger partial charge in [-0.2, -0.15) is 5.26 Å². The zero-order valence-electron chi connectivity index (χ0n) is 12.9. The van der Waals surface area contributed by atoms with E-state index in [9.17, 15) is 5.26 Å². The van der Waals surface area contributed by atoms with E-state index in [4.69, 9.17) is 4.74 Å². The van der Waals surface area contributed by atoms with E-state index in [0.29, 0.717) is 17.9 Å². The minimum absolute atomic E-state index is 0.618. The maximum atomic E-state index is 9.46. The predicted octanol–water partition coefficient (Wildman–Crippen LogP) is 2.30. The average Bonchev–Trinajstić information content (AvgIpc) is 2.56. The molecule has 1 saturated heterocycles. The van der Waals surface area contributed by atoms with Gasteiger partial charge in [0, 0.05) is 32.7 Å². The maximum Gasteiger partial charge on any atom is 0.138 e. The zero-order valence-corrected chi connectivity index (χ0v) is 12.9. The van der Waals surface area contributed by atoms with Gasteiger partial charge < -0.3 is 10.1 Å². The van der Waals surface area contributed by atoms with Gasteiger partial charge in [-0.05, 0) is 29.3 Å². The van der Waals surface area contributed by atoms with Gasteiger partial charge >= 0.3 is 0 Å². The lowest BCUT2D eigenvalue weighted by Gasteiger charge is -2.27. The highest BCUT2D eigenvalue weighted by atomic mass is 16.5. The van der Waals surface area contributed by atoms with E-state index in [-0.39, 0.29) is 0 Å². The van der Waals surface area contributed by atoms with Crippen LogP contribution in [0.5, 0.6) is 5.75 Å².